The van der Waals surface area contributed by atoms with Crippen molar-refractivity contribution >= 4 is 60.8 Å². The topological polar surface area (TPSA) is 79.6 Å². The van der Waals surface area contributed by atoms with Gasteiger partial charge >= 0.3 is 0 Å². The fourth-order valence-corrected chi connectivity index (χ4v) is 5.11. The zero-order valence-electron chi connectivity index (χ0n) is 18.5. The van der Waals surface area contributed by atoms with Gasteiger partial charge in [-0.3, -0.25) is 14.5 Å². The van der Waals surface area contributed by atoms with Gasteiger partial charge in [-0.1, -0.05) is 46.3 Å². The number of halogens is 2. The minimum Gasteiger partial charge on any atom is -0.493 e. The summed E-state index contributed by atoms with van der Waals surface area (Å²) < 4.78 is 13.0. The molecule has 3 aromatic carbocycles. The second kappa shape index (κ2) is 11.1. The van der Waals surface area contributed by atoms with Gasteiger partial charge in [0.05, 0.1) is 34.7 Å². The van der Waals surface area contributed by atoms with E-state index in [-0.39, 0.29) is 24.3 Å². The maximum Gasteiger partial charge on any atom is 0.293 e. The van der Waals surface area contributed by atoms with Gasteiger partial charge in [0.1, 0.15) is 6.61 Å². The van der Waals surface area contributed by atoms with Crippen molar-refractivity contribution in [2.45, 2.75) is 13.2 Å². The molecule has 1 fully saturated rings. The first-order chi connectivity index (χ1) is 16.9. The Morgan fingerprint density at radius 1 is 1.09 bits per heavy atom. The number of hydrogen-bond donors (Lipinski definition) is 0. The quantitative estimate of drug-likeness (QED) is 0.270. The van der Waals surface area contributed by atoms with Crippen LogP contribution in [0.25, 0.3) is 6.08 Å². The molecule has 1 aliphatic heterocycles. The van der Waals surface area contributed by atoms with Gasteiger partial charge in [0.15, 0.2) is 11.5 Å². The fourth-order valence-electron chi connectivity index (χ4n) is 3.43. The van der Waals surface area contributed by atoms with E-state index >= 15 is 0 Å². The summed E-state index contributed by atoms with van der Waals surface area (Å²) >= 11 is 7.80. The molecule has 0 aromatic heterocycles. The number of nitriles is 1. The first-order valence-electron chi connectivity index (χ1n) is 10.4. The van der Waals surface area contributed by atoms with Crippen LogP contribution in [0.3, 0.4) is 0 Å². The molecule has 0 N–H and O–H groups in total. The van der Waals surface area contributed by atoms with E-state index in [0.717, 1.165) is 27.4 Å². The van der Waals surface area contributed by atoms with Crippen molar-refractivity contribution in [1.29, 1.82) is 5.26 Å². The monoisotopic (exact) mass is 612 g/mol. The van der Waals surface area contributed by atoms with Crippen LogP contribution in [-0.4, -0.2) is 23.2 Å². The summed E-state index contributed by atoms with van der Waals surface area (Å²) in [5.41, 5.74) is 2.83. The standard InChI is InChI=1S/C26H18Br2N2O4S/c1-33-22-11-17(10-21(28)24(22)34-15-19-5-3-2-4-18(19)13-29)12-23-25(31)30(26(32)35-23)14-16-6-8-20(27)9-7-16/h2-12H,14-15H2,1H3/b23-12-. The molecule has 1 aliphatic rings. The van der Waals surface area contributed by atoms with Gasteiger partial charge in [0, 0.05) is 10.0 Å². The zero-order chi connectivity index (χ0) is 24.9. The Kier molecular flexibility index (Phi) is 7.96. The Morgan fingerprint density at radius 3 is 2.54 bits per heavy atom. The van der Waals surface area contributed by atoms with Crippen LogP contribution in [0.5, 0.6) is 11.5 Å². The predicted octanol–water partition coefficient (Wildman–Crippen LogP) is 6.91. The number of nitrogens with zero attached hydrogens (tertiary/aromatic N) is 2. The first kappa shape index (κ1) is 25.0. The molecule has 6 nitrogen and oxygen atoms in total. The summed E-state index contributed by atoms with van der Waals surface area (Å²) in [6, 6.07) is 20.4. The number of methoxy groups -OCH3 is 1. The largest absolute Gasteiger partial charge is 0.493 e. The second-order valence-electron chi connectivity index (χ2n) is 7.49. The third-order valence-corrected chi connectivity index (χ3v) is 7.21. The van der Waals surface area contributed by atoms with E-state index in [1.54, 1.807) is 30.3 Å². The van der Waals surface area contributed by atoms with Crippen molar-refractivity contribution in [1.82, 2.24) is 4.90 Å². The molecule has 176 valence electrons. The molecular formula is C26H18Br2N2O4S. The average molecular weight is 614 g/mol. The summed E-state index contributed by atoms with van der Waals surface area (Å²) in [5.74, 6) is 0.585. The molecule has 4 rings (SSSR count). The smallest absolute Gasteiger partial charge is 0.293 e. The molecule has 9 heteroatoms. The molecule has 0 spiro atoms. The van der Waals surface area contributed by atoms with Gasteiger partial charge in [0.25, 0.3) is 11.1 Å². The van der Waals surface area contributed by atoms with Crippen LogP contribution in [0, 0.1) is 11.3 Å². The molecule has 0 atom stereocenters. The van der Waals surface area contributed by atoms with Gasteiger partial charge in [0.2, 0.25) is 0 Å². The van der Waals surface area contributed by atoms with Crippen LogP contribution in [0.15, 0.2) is 74.5 Å². The Labute approximate surface area is 223 Å². The van der Waals surface area contributed by atoms with Crippen LogP contribution in [-0.2, 0) is 17.9 Å². The number of rotatable bonds is 7. The van der Waals surface area contributed by atoms with Crippen LogP contribution in [0.4, 0.5) is 4.79 Å². The number of carbonyl (C=O) groups is 2. The highest BCUT2D eigenvalue weighted by Crippen LogP contribution is 2.40. The van der Waals surface area contributed by atoms with Crippen molar-refractivity contribution in [2.75, 3.05) is 7.11 Å². The zero-order valence-corrected chi connectivity index (χ0v) is 22.4. The van der Waals surface area contributed by atoms with Crippen LogP contribution in [0.1, 0.15) is 22.3 Å². The van der Waals surface area contributed by atoms with Gasteiger partial charge in [-0.15, -0.1) is 0 Å². The number of thioether (sulfide) groups is 1. The maximum absolute atomic E-state index is 12.9. The Hall–Kier alpha value is -3.06. The number of amides is 2. The van der Waals surface area contributed by atoms with Gasteiger partial charge in [-0.05, 0) is 75.2 Å². The minimum atomic E-state index is -0.341. The van der Waals surface area contributed by atoms with Crippen molar-refractivity contribution in [3.05, 3.63) is 96.8 Å². The Balaban J connectivity index is 1.54. The lowest BCUT2D eigenvalue weighted by molar-refractivity contribution is -0.123. The molecule has 35 heavy (non-hydrogen) atoms. The predicted molar refractivity (Wildman–Crippen MR) is 142 cm³/mol. The van der Waals surface area contributed by atoms with E-state index in [0.29, 0.717) is 32.0 Å². The number of carbonyl (C=O) groups excluding carboxylic acids is 2. The van der Waals surface area contributed by atoms with Crippen molar-refractivity contribution < 1.29 is 19.1 Å². The van der Waals surface area contributed by atoms with E-state index in [2.05, 4.69) is 37.9 Å². The van der Waals surface area contributed by atoms with E-state index in [9.17, 15) is 14.9 Å². The first-order valence-corrected chi connectivity index (χ1v) is 12.8. The van der Waals surface area contributed by atoms with Gasteiger partial charge < -0.3 is 9.47 Å². The third kappa shape index (κ3) is 5.78. The summed E-state index contributed by atoms with van der Waals surface area (Å²) in [6.45, 7) is 0.395. The van der Waals surface area contributed by atoms with Crippen LogP contribution < -0.4 is 9.47 Å². The lowest BCUT2D eigenvalue weighted by atomic mass is 10.1. The summed E-state index contributed by atoms with van der Waals surface area (Å²) in [6.07, 6.45) is 1.66. The molecular weight excluding hydrogens is 596 g/mol. The molecule has 0 aliphatic carbocycles. The van der Waals surface area contributed by atoms with E-state index in [4.69, 9.17) is 9.47 Å². The fraction of sp³-hybridized carbons (Fsp3) is 0.115. The summed E-state index contributed by atoms with van der Waals surface area (Å²) in [7, 11) is 1.52. The molecule has 1 heterocycles. The van der Waals surface area contributed by atoms with Crippen molar-refractivity contribution in [3.63, 3.8) is 0 Å². The molecule has 1 saturated heterocycles. The van der Waals surface area contributed by atoms with Crippen molar-refractivity contribution in [3.8, 4) is 17.6 Å². The lowest BCUT2D eigenvalue weighted by Gasteiger charge is -2.14. The molecule has 0 unspecified atom stereocenters. The van der Waals surface area contributed by atoms with E-state index in [1.165, 1.54) is 12.0 Å². The minimum absolute atomic E-state index is 0.187. The van der Waals surface area contributed by atoms with E-state index < -0.39 is 0 Å². The number of hydrogen-bond acceptors (Lipinski definition) is 6. The van der Waals surface area contributed by atoms with Gasteiger partial charge in [-0.25, -0.2) is 0 Å². The normalized spacial score (nSPS) is 14.3. The maximum atomic E-state index is 12.9. The van der Waals surface area contributed by atoms with Gasteiger partial charge in [-0.2, -0.15) is 5.26 Å². The highest BCUT2D eigenvalue weighted by atomic mass is 79.9. The van der Waals surface area contributed by atoms with Crippen LogP contribution in [0.2, 0.25) is 0 Å². The van der Waals surface area contributed by atoms with E-state index in [1.807, 2.05) is 36.4 Å². The average Bonchev–Trinajstić information content (AvgIpc) is 3.11. The number of ether oxygens (including phenoxy) is 2. The molecule has 0 radical (unpaired) electrons. The highest BCUT2D eigenvalue weighted by molar-refractivity contribution is 9.10. The van der Waals surface area contributed by atoms with Crippen LogP contribution >= 0.6 is 43.6 Å². The Morgan fingerprint density at radius 2 is 1.83 bits per heavy atom. The lowest BCUT2D eigenvalue weighted by Crippen LogP contribution is -2.27. The summed E-state index contributed by atoms with van der Waals surface area (Å²) in [4.78, 5) is 27.0. The second-order valence-corrected chi connectivity index (χ2v) is 10.2. The molecule has 0 saturated carbocycles. The summed E-state index contributed by atoms with van der Waals surface area (Å²) in [5, 5.41) is 8.98. The number of benzene rings is 3. The highest BCUT2D eigenvalue weighted by Gasteiger charge is 2.35. The van der Waals surface area contributed by atoms with Crippen molar-refractivity contribution in [2.24, 2.45) is 0 Å². The molecule has 2 amide bonds. The molecule has 0 bridgehead atoms. The molecule has 3 aromatic rings. The number of imide groups is 1. The Bertz CT molecular complexity index is 1370. The third-order valence-electron chi connectivity index (χ3n) is 5.19. The SMILES string of the molecule is COc1cc(/C=C2\SC(=O)N(Cc3ccc(Br)cc3)C2=O)cc(Br)c1OCc1ccccc1C#N.